The number of rotatable bonds is 6. The van der Waals surface area contributed by atoms with Gasteiger partial charge >= 0.3 is 5.69 Å². The van der Waals surface area contributed by atoms with E-state index >= 15 is 0 Å². The predicted molar refractivity (Wildman–Crippen MR) is 127 cm³/mol. The highest BCUT2D eigenvalue weighted by Crippen LogP contribution is 2.24. The lowest BCUT2D eigenvalue weighted by Gasteiger charge is -2.07. The molecule has 5 aromatic rings. The number of hydrogen-bond acceptors (Lipinski definition) is 5. The van der Waals surface area contributed by atoms with Crippen LogP contribution in [0.2, 0.25) is 0 Å². The number of nitro groups is 1. The Morgan fingerprint density at radius 1 is 1.00 bits per heavy atom. The zero-order valence-corrected chi connectivity index (χ0v) is 17.1. The van der Waals surface area contributed by atoms with Gasteiger partial charge in [-0.25, -0.2) is 4.98 Å². The third kappa shape index (κ3) is 3.79. The molecule has 3 aromatic carbocycles. The van der Waals surface area contributed by atoms with Crippen LogP contribution in [0.4, 0.5) is 11.5 Å². The molecule has 156 valence electrons. The molecule has 0 amide bonds. The first kappa shape index (κ1) is 19.4. The zero-order chi connectivity index (χ0) is 21.9. The number of nitrogens with zero attached hydrogens (tertiary/aromatic N) is 4. The van der Waals surface area contributed by atoms with Crippen LogP contribution in [0, 0.1) is 10.1 Å². The van der Waals surface area contributed by atoms with Gasteiger partial charge < -0.3 is 4.57 Å². The van der Waals surface area contributed by atoms with E-state index in [-0.39, 0.29) is 11.5 Å². The van der Waals surface area contributed by atoms with Crippen molar-refractivity contribution < 1.29 is 4.92 Å². The van der Waals surface area contributed by atoms with Gasteiger partial charge in [-0.2, -0.15) is 5.10 Å². The van der Waals surface area contributed by atoms with Crippen molar-refractivity contribution in [3.05, 3.63) is 112 Å². The maximum Gasteiger partial charge on any atom is 0.313 e. The Bertz CT molecular complexity index is 1470. The molecular weight excluding hydrogens is 402 g/mol. The number of fused-ring (bicyclic) bond motifs is 2. The van der Waals surface area contributed by atoms with Gasteiger partial charge in [-0.1, -0.05) is 54.6 Å². The summed E-state index contributed by atoms with van der Waals surface area (Å²) in [5.74, 6) is 0.105. The van der Waals surface area contributed by atoms with Crippen LogP contribution in [0.15, 0.2) is 96.4 Å². The summed E-state index contributed by atoms with van der Waals surface area (Å²) in [6, 6.07) is 25.8. The van der Waals surface area contributed by atoms with Crippen LogP contribution in [-0.2, 0) is 6.54 Å². The second-order valence-corrected chi connectivity index (χ2v) is 7.41. The summed E-state index contributed by atoms with van der Waals surface area (Å²) in [6.45, 7) is 0.721. The van der Waals surface area contributed by atoms with Crippen molar-refractivity contribution in [3.63, 3.8) is 0 Å². The predicted octanol–water partition coefficient (Wildman–Crippen LogP) is 5.59. The molecule has 0 aliphatic carbocycles. The Hall–Kier alpha value is -4.52. The van der Waals surface area contributed by atoms with E-state index in [1.54, 1.807) is 6.21 Å². The van der Waals surface area contributed by atoms with Gasteiger partial charge in [-0.3, -0.25) is 15.5 Å². The van der Waals surface area contributed by atoms with Gasteiger partial charge in [0.25, 0.3) is 0 Å². The van der Waals surface area contributed by atoms with Crippen molar-refractivity contribution in [2.75, 3.05) is 5.43 Å². The summed E-state index contributed by atoms with van der Waals surface area (Å²) in [7, 11) is 0. The van der Waals surface area contributed by atoms with Gasteiger partial charge in [0, 0.05) is 41.5 Å². The van der Waals surface area contributed by atoms with Crippen LogP contribution >= 0.6 is 0 Å². The topological polar surface area (TPSA) is 85.3 Å². The van der Waals surface area contributed by atoms with Crippen molar-refractivity contribution >= 4 is 39.4 Å². The lowest BCUT2D eigenvalue weighted by molar-refractivity contribution is -0.384. The number of nitrogens with one attached hydrogen (secondary N) is 1. The van der Waals surface area contributed by atoms with Gasteiger partial charge in [-0.05, 0) is 34.5 Å². The van der Waals surface area contributed by atoms with Crippen LogP contribution in [0.5, 0.6) is 0 Å². The summed E-state index contributed by atoms with van der Waals surface area (Å²) >= 11 is 0. The molecule has 0 aliphatic heterocycles. The summed E-state index contributed by atoms with van der Waals surface area (Å²) < 4.78 is 2.18. The van der Waals surface area contributed by atoms with Crippen molar-refractivity contribution in [3.8, 4) is 0 Å². The molecule has 2 aromatic heterocycles. The average Bonchev–Trinajstić information content (AvgIpc) is 3.16. The first-order chi connectivity index (χ1) is 15.7. The molecule has 0 radical (unpaired) electrons. The highest BCUT2D eigenvalue weighted by molar-refractivity contribution is 5.99. The first-order valence-electron chi connectivity index (χ1n) is 10.1. The Kier molecular flexibility index (Phi) is 5.05. The van der Waals surface area contributed by atoms with E-state index < -0.39 is 4.92 Å². The second kappa shape index (κ2) is 8.31. The van der Waals surface area contributed by atoms with E-state index in [1.807, 2.05) is 36.5 Å². The minimum absolute atomic E-state index is 0.105. The quantitative estimate of drug-likeness (QED) is 0.220. The molecule has 0 atom stereocenters. The highest BCUT2D eigenvalue weighted by Gasteiger charge is 2.13. The third-order valence-corrected chi connectivity index (χ3v) is 5.34. The zero-order valence-electron chi connectivity index (χ0n) is 17.1. The fourth-order valence-corrected chi connectivity index (χ4v) is 3.84. The molecule has 7 heteroatoms. The number of para-hydroxylation sites is 1. The lowest BCUT2D eigenvalue weighted by Crippen LogP contribution is -1.99. The average molecular weight is 421 g/mol. The number of pyridine rings is 1. The first-order valence-corrected chi connectivity index (χ1v) is 10.1. The molecular formula is C25H19N5O2. The van der Waals surface area contributed by atoms with E-state index in [9.17, 15) is 10.1 Å². The summed E-state index contributed by atoms with van der Waals surface area (Å²) in [4.78, 5) is 14.7. The number of aromatic nitrogens is 2. The Balaban J connectivity index is 1.45. The molecule has 2 heterocycles. The van der Waals surface area contributed by atoms with Crippen LogP contribution in [0.3, 0.4) is 0 Å². The number of benzene rings is 3. The largest absolute Gasteiger partial charge is 0.342 e. The monoisotopic (exact) mass is 421 g/mol. The molecule has 0 unspecified atom stereocenters. The lowest BCUT2D eigenvalue weighted by atomic mass is 10.1. The van der Waals surface area contributed by atoms with Gasteiger partial charge in [-0.15, -0.1) is 0 Å². The van der Waals surface area contributed by atoms with Gasteiger partial charge in [0.05, 0.1) is 11.1 Å². The van der Waals surface area contributed by atoms with E-state index in [1.165, 1.54) is 34.7 Å². The smallest absolute Gasteiger partial charge is 0.313 e. The summed E-state index contributed by atoms with van der Waals surface area (Å²) in [5.41, 5.74) is 5.77. The number of hydrazone groups is 1. The van der Waals surface area contributed by atoms with Crippen molar-refractivity contribution in [2.45, 2.75) is 6.54 Å². The second-order valence-electron chi connectivity index (χ2n) is 7.41. The highest BCUT2D eigenvalue weighted by atomic mass is 16.6. The molecule has 0 saturated carbocycles. The van der Waals surface area contributed by atoms with Crippen molar-refractivity contribution in [2.24, 2.45) is 5.10 Å². The van der Waals surface area contributed by atoms with Crippen LogP contribution in [0.1, 0.15) is 11.1 Å². The Labute approximate surface area is 183 Å². The normalized spacial score (nSPS) is 11.4. The maximum absolute atomic E-state index is 11.2. The van der Waals surface area contributed by atoms with Crippen molar-refractivity contribution in [1.29, 1.82) is 0 Å². The molecule has 0 spiro atoms. The van der Waals surface area contributed by atoms with Crippen molar-refractivity contribution in [1.82, 2.24) is 9.55 Å². The molecule has 0 bridgehead atoms. The minimum atomic E-state index is -0.486. The SMILES string of the molecule is O=[N+]([O-])c1cccnc1N/N=C\c1cn(Cc2ccc3ccccc3c2)c2ccccc12. The molecule has 32 heavy (non-hydrogen) atoms. The summed E-state index contributed by atoms with van der Waals surface area (Å²) in [6.07, 6.45) is 5.19. The van der Waals surface area contributed by atoms with Gasteiger partial charge in [0.15, 0.2) is 0 Å². The number of anilines is 1. The van der Waals surface area contributed by atoms with Gasteiger partial charge in [0.2, 0.25) is 5.82 Å². The van der Waals surface area contributed by atoms with Crippen LogP contribution in [-0.4, -0.2) is 20.7 Å². The molecule has 0 saturated heterocycles. The molecule has 7 nitrogen and oxygen atoms in total. The maximum atomic E-state index is 11.2. The van der Waals surface area contributed by atoms with Crippen LogP contribution < -0.4 is 5.43 Å². The number of hydrogen-bond donors (Lipinski definition) is 1. The van der Waals surface area contributed by atoms with Crippen LogP contribution in [0.25, 0.3) is 21.7 Å². The molecule has 0 fully saturated rings. The van der Waals surface area contributed by atoms with Gasteiger partial charge in [0.1, 0.15) is 0 Å². The Morgan fingerprint density at radius 2 is 1.81 bits per heavy atom. The van der Waals surface area contributed by atoms with E-state index in [0.29, 0.717) is 0 Å². The fraction of sp³-hybridized carbons (Fsp3) is 0.0400. The minimum Gasteiger partial charge on any atom is -0.342 e. The molecule has 5 rings (SSSR count). The van der Waals surface area contributed by atoms with E-state index in [4.69, 9.17) is 0 Å². The standard InChI is InChI=1S/C25H19N5O2/c31-30(32)24-10-5-13-26-25(24)28-27-15-21-17-29(23-9-4-3-8-22(21)23)16-18-11-12-19-6-1-2-7-20(19)14-18/h1-15,17H,16H2,(H,26,28)/b27-15-. The molecule has 0 aliphatic rings. The molecule has 1 N–H and O–H groups in total. The summed E-state index contributed by atoms with van der Waals surface area (Å²) in [5, 5.41) is 18.9. The third-order valence-electron chi connectivity index (χ3n) is 5.34. The van der Waals surface area contributed by atoms with E-state index in [2.05, 4.69) is 56.5 Å². The Morgan fingerprint density at radius 3 is 2.69 bits per heavy atom. The van der Waals surface area contributed by atoms with E-state index in [0.717, 1.165) is 23.0 Å². The fourth-order valence-electron chi connectivity index (χ4n) is 3.84.